The number of furan rings is 1. The van der Waals surface area contributed by atoms with Gasteiger partial charge in [-0.2, -0.15) is 4.98 Å². The minimum atomic E-state index is -0.171. The molecule has 0 saturated heterocycles. The second-order valence-electron chi connectivity index (χ2n) is 7.34. The molecule has 0 aliphatic carbocycles. The van der Waals surface area contributed by atoms with Crippen molar-refractivity contribution < 1.29 is 23.2 Å². The molecule has 0 unspecified atom stereocenters. The third-order valence-corrected chi connectivity index (χ3v) is 5.24. The smallest absolute Gasteiger partial charge is 0.289 e. The first kappa shape index (κ1) is 22.1. The topological polar surface area (TPSA) is 90.8 Å². The van der Waals surface area contributed by atoms with Gasteiger partial charge >= 0.3 is 0 Å². The van der Waals surface area contributed by atoms with E-state index in [1.165, 1.54) is 6.26 Å². The van der Waals surface area contributed by atoms with Crippen LogP contribution in [0.2, 0.25) is 0 Å². The lowest BCUT2D eigenvalue weighted by Crippen LogP contribution is -2.34. The van der Waals surface area contributed by atoms with Gasteiger partial charge in [0.05, 0.1) is 20.5 Å². The number of hydrogen-bond donors (Lipinski definition) is 0. The van der Waals surface area contributed by atoms with Crippen LogP contribution in [0.5, 0.6) is 11.5 Å². The highest BCUT2D eigenvalue weighted by molar-refractivity contribution is 5.91. The standard InChI is InChI=1S/C25H25N3O5/c1-30-20-11-10-19(17-22(20)31-2)24-26-23(33-27-24)13-15-28(25(29)21-9-6-16-32-21)14-12-18-7-4-3-5-8-18/h3-11,16-17H,12-15H2,1-2H3. The van der Waals surface area contributed by atoms with E-state index >= 15 is 0 Å². The van der Waals surface area contributed by atoms with Gasteiger partial charge in [-0.25, -0.2) is 0 Å². The molecular formula is C25H25N3O5. The Morgan fingerprint density at radius 1 is 0.939 bits per heavy atom. The number of methoxy groups -OCH3 is 2. The molecule has 0 fully saturated rings. The van der Waals surface area contributed by atoms with Crippen LogP contribution >= 0.6 is 0 Å². The van der Waals surface area contributed by atoms with E-state index in [2.05, 4.69) is 10.1 Å². The van der Waals surface area contributed by atoms with Crippen molar-refractivity contribution in [2.24, 2.45) is 0 Å². The second-order valence-corrected chi connectivity index (χ2v) is 7.34. The fourth-order valence-electron chi connectivity index (χ4n) is 3.46. The molecule has 0 aliphatic heterocycles. The molecular weight excluding hydrogens is 422 g/mol. The Bertz CT molecular complexity index is 1170. The number of amides is 1. The van der Waals surface area contributed by atoms with Gasteiger partial charge in [-0.15, -0.1) is 0 Å². The zero-order chi connectivity index (χ0) is 23.0. The number of rotatable bonds is 10. The number of carbonyl (C=O) groups excluding carboxylic acids is 1. The molecule has 0 saturated carbocycles. The van der Waals surface area contributed by atoms with E-state index in [0.717, 1.165) is 17.5 Å². The Balaban J connectivity index is 1.45. The van der Waals surface area contributed by atoms with Gasteiger partial charge in [-0.3, -0.25) is 4.79 Å². The number of nitrogens with zero attached hydrogens (tertiary/aromatic N) is 3. The first-order valence-corrected chi connectivity index (χ1v) is 10.6. The van der Waals surface area contributed by atoms with Crippen LogP contribution in [-0.4, -0.2) is 48.3 Å². The number of ether oxygens (including phenoxy) is 2. The summed E-state index contributed by atoms with van der Waals surface area (Å²) >= 11 is 0. The molecule has 0 N–H and O–H groups in total. The van der Waals surface area contributed by atoms with Gasteiger partial charge in [0.2, 0.25) is 11.7 Å². The number of aromatic nitrogens is 2. The van der Waals surface area contributed by atoms with E-state index in [-0.39, 0.29) is 5.91 Å². The van der Waals surface area contributed by atoms with Crippen molar-refractivity contribution in [1.82, 2.24) is 15.0 Å². The summed E-state index contributed by atoms with van der Waals surface area (Å²) in [7, 11) is 3.15. The van der Waals surface area contributed by atoms with E-state index in [4.69, 9.17) is 18.4 Å². The maximum atomic E-state index is 12.9. The predicted molar refractivity (Wildman–Crippen MR) is 121 cm³/mol. The van der Waals surface area contributed by atoms with Gasteiger partial charge in [0.25, 0.3) is 5.91 Å². The van der Waals surface area contributed by atoms with Crippen LogP contribution in [0.4, 0.5) is 0 Å². The zero-order valence-electron chi connectivity index (χ0n) is 18.6. The van der Waals surface area contributed by atoms with E-state index < -0.39 is 0 Å². The largest absolute Gasteiger partial charge is 0.493 e. The van der Waals surface area contributed by atoms with Gasteiger partial charge in [-0.1, -0.05) is 35.5 Å². The summed E-state index contributed by atoms with van der Waals surface area (Å²) in [5, 5.41) is 4.08. The molecule has 8 nitrogen and oxygen atoms in total. The summed E-state index contributed by atoms with van der Waals surface area (Å²) in [5.74, 6) is 2.22. The van der Waals surface area contributed by atoms with Crippen LogP contribution in [0.15, 0.2) is 75.9 Å². The molecule has 1 amide bonds. The Labute approximate surface area is 191 Å². The van der Waals surface area contributed by atoms with Crippen LogP contribution in [0.1, 0.15) is 22.0 Å². The van der Waals surface area contributed by atoms with E-state index in [1.54, 1.807) is 43.4 Å². The van der Waals surface area contributed by atoms with Gasteiger partial charge in [0, 0.05) is 25.1 Å². The van der Waals surface area contributed by atoms with Crippen molar-refractivity contribution in [2.75, 3.05) is 27.3 Å². The maximum absolute atomic E-state index is 12.9. The molecule has 2 heterocycles. The van der Waals surface area contributed by atoms with Crippen molar-refractivity contribution in [1.29, 1.82) is 0 Å². The molecule has 0 spiro atoms. The highest BCUT2D eigenvalue weighted by Crippen LogP contribution is 2.31. The Morgan fingerprint density at radius 2 is 1.73 bits per heavy atom. The third kappa shape index (κ3) is 5.41. The summed E-state index contributed by atoms with van der Waals surface area (Å²) in [4.78, 5) is 19.2. The summed E-state index contributed by atoms with van der Waals surface area (Å²) < 4.78 is 21.4. The number of carbonyl (C=O) groups is 1. The van der Waals surface area contributed by atoms with Gasteiger partial charge in [0.15, 0.2) is 17.3 Å². The van der Waals surface area contributed by atoms with Crippen LogP contribution in [0, 0.1) is 0 Å². The van der Waals surface area contributed by atoms with Crippen molar-refractivity contribution >= 4 is 5.91 Å². The Morgan fingerprint density at radius 3 is 2.45 bits per heavy atom. The van der Waals surface area contributed by atoms with E-state index in [9.17, 15) is 4.79 Å². The highest BCUT2D eigenvalue weighted by atomic mass is 16.5. The van der Waals surface area contributed by atoms with Crippen molar-refractivity contribution in [3.63, 3.8) is 0 Å². The van der Waals surface area contributed by atoms with E-state index in [0.29, 0.717) is 48.5 Å². The molecule has 4 aromatic rings. The molecule has 0 atom stereocenters. The zero-order valence-corrected chi connectivity index (χ0v) is 18.6. The normalized spacial score (nSPS) is 10.7. The van der Waals surface area contributed by atoms with Crippen LogP contribution in [0.25, 0.3) is 11.4 Å². The Hall–Kier alpha value is -4.07. The van der Waals surface area contributed by atoms with Crippen molar-refractivity contribution in [2.45, 2.75) is 12.8 Å². The summed E-state index contributed by atoms with van der Waals surface area (Å²) in [6, 6.07) is 18.8. The predicted octanol–water partition coefficient (Wildman–Crippen LogP) is 4.27. The molecule has 2 aromatic heterocycles. The Kier molecular flexibility index (Phi) is 7.04. The van der Waals surface area contributed by atoms with Crippen LogP contribution < -0.4 is 9.47 Å². The molecule has 33 heavy (non-hydrogen) atoms. The maximum Gasteiger partial charge on any atom is 0.289 e. The van der Waals surface area contributed by atoms with Crippen LogP contribution in [-0.2, 0) is 12.8 Å². The fraction of sp³-hybridized carbons (Fsp3) is 0.240. The highest BCUT2D eigenvalue weighted by Gasteiger charge is 2.20. The van der Waals surface area contributed by atoms with Gasteiger partial charge in [0.1, 0.15) is 0 Å². The van der Waals surface area contributed by atoms with Gasteiger partial charge < -0.3 is 23.3 Å². The minimum Gasteiger partial charge on any atom is -0.493 e. The summed E-state index contributed by atoms with van der Waals surface area (Å²) in [6.45, 7) is 0.958. The van der Waals surface area contributed by atoms with Crippen molar-refractivity contribution in [3.05, 3.63) is 84.1 Å². The molecule has 4 rings (SSSR count). The van der Waals surface area contributed by atoms with Gasteiger partial charge in [-0.05, 0) is 42.3 Å². The fourth-order valence-corrected chi connectivity index (χ4v) is 3.46. The monoisotopic (exact) mass is 447 g/mol. The quantitative estimate of drug-likeness (QED) is 0.358. The molecule has 0 radical (unpaired) electrons. The first-order valence-electron chi connectivity index (χ1n) is 10.6. The third-order valence-electron chi connectivity index (χ3n) is 5.24. The van der Waals surface area contributed by atoms with E-state index in [1.807, 2.05) is 36.4 Å². The van der Waals surface area contributed by atoms with Crippen molar-refractivity contribution in [3.8, 4) is 22.9 Å². The number of hydrogen-bond acceptors (Lipinski definition) is 7. The molecule has 0 bridgehead atoms. The average molecular weight is 447 g/mol. The number of benzene rings is 2. The average Bonchev–Trinajstić information content (AvgIpc) is 3.56. The summed E-state index contributed by atoms with van der Waals surface area (Å²) in [5.41, 5.74) is 1.90. The SMILES string of the molecule is COc1ccc(-c2noc(CCN(CCc3ccccc3)C(=O)c3ccco3)n2)cc1OC. The first-order chi connectivity index (χ1) is 16.2. The second kappa shape index (κ2) is 10.5. The lowest BCUT2D eigenvalue weighted by atomic mass is 10.1. The molecule has 2 aromatic carbocycles. The van der Waals surface area contributed by atoms with Crippen LogP contribution in [0.3, 0.4) is 0 Å². The lowest BCUT2D eigenvalue weighted by molar-refractivity contribution is 0.0724. The minimum absolute atomic E-state index is 0.171. The lowest BCUT2D eigenvalue weighted by Gasteiger charge is -2.21. The molecule has 8 heteroatoms. The molecule has 0 aliphatic rings. The summed E-state index contributed by atoms with van der Waals surface area (Å²) in [6.07, 6.45) is 2.64. The molecule has 170 valence electrons.